The molecular formula is C18H24ClFIN5S. The fourth-order valence-electron chi connectivity index (χ4n) is 3.00. The van der Waals surface area contributed by atoms with E-state index in [0.29, 0.717) is 17.5 Å². The Kier molecular flexibility index (Phi) is 7.70. The summed E-state index contributed by atoms with van der Waals surface area (Å²) < 4.78 is 13.3. The first-order chi connectivity index (χ1) is 12.4. The van der Waals surface area contributed by atoms with Gasteiger partial charge in [-0.05, 0) is 17.7 Å². The molecule has 1 fully saturated rings. The molecule has 0 unspecified atom stereocenters. The van der Waals surface area contributed by atoms with E-state index in [1.54, 1.807) is 17.4 Å². The quantitative estimate of drug-likeness (QED) is 0.374. The summed E-state index contributed by atoms with van der Waals surface area (Å²) in [6.07, 6.45) is 1.82. The number of thiazole rings is 1. The summed E-state index contributed by atoms with van der Waals surface area (Å²) >= 11 is 7.85. The van der Waals surface area contributed by atoms with E-state index in [9.17, 15) is 4.39 Å². The number of hydrogen-bond acceptors (Lipinski definition) is 4. The molecule has 1 aliphatic heterocycles. The van der Waals surface area contributed by atoms with E-state index in [-0.39, 0.29) is 35.2 Å². The van der Waals surface area contributed by atoms with Crippen LogP contribution >= 0.6 is 46.9 Å². The monoisotopic (exact) mass is 523 g/mol. The van der Waals surface area contributed by atoms with E-state index < -0.39 is 0 Å². The normalized spacial score (nSPS) is 15.6. The molecule has 2 heterocycles. The van der Waals surface area contributed by atoms with Gasteiger partial charge in [0.1, 0.15) is 5.82 Å². The number of hydrogen-bond donors (Lipinski definition) is 1. The summed E-state index contributed by atoms with van der Waals surface area (Å²) in [6.45, 7) is 7.91. The molecule has 0 atom stereocenters. The smallest absolute Gasteiger partial charge is 0.191 e. The van der Waals surface area contributed by atoms with Gasteiger partial charge in [0.2, 0.25) is 0 Å². The van der Waals surface area contributed by atoms with Crippen molar-refractivity contribution in [2.75, 3.05) is 37.6 Å². The van der Waals surface area contributed by atoms with E-state index in [4.69, 9.17) is 17.3 Å². The van der Waals surface area contributed by atoms with Gasteiger partial charge in [0.25, 0.3) is 0 Å². The van der Waals surface area contributed by atoms with Crippen molar-refractivity contribution in [2.24, 2.45) is 10.7 Å². The zero-order chi connectivity index (χ0) is 18.7. The van der Waals surface area contributed by atoms with Crippen LogP contribution in [0, 0.1) is 5.82 Å². The molecule has 9 heteroatoms. The van der Waals surface area contributed by atoms with Crippen LogP contribution in [-0.2, 0) is 5.41 Å². The molecule has 0 radical (unpaired) electrons. The molecule has 2 aromatic rings. The van der Waals surface area contributed by atoms with Crippen molar-refractivity contribution in [1.29, 1.82) is 0 Å². The minimum absolute atomic E-state index is 0. The third kappa shape index (κ3) is 5.45. The number of anilines is 1. The summed E-state index contributed by atoms with van der Waals surface area (Å²) in [5.74, 6) is 0.200. The van der Waals surface area contributed by atoms with Crippen molar-refractivity contribution >= 4 is 58.0 Å². The number of guanidine groups is 1. The van der Waals surface area contributed by atoms with Crippen molar-refractivity contribution in [2.45, 2.75) is 19.3 Å². The Morgan fingerprint density at radius 2 is 2.04 bits per heavy atom. The Balaban J connectivity index is 0.00000261. The number of aromatic nitrogens is 1. The van der Waals surface area contributed by atoms with Crippen molar-refractivity contribution in [3.05, 3.63) is 46.2 Å². The van der Waals surface area contributed by atoms with Gasteiger partial charge in [-0.15, -0.1) is 35.3 Å². The van der Waals surface area contributed by atoms with Crippen LogP contribution < -0.4 is 10.6 Å². The van der Waals surface area contributed by atoms with E-state index in [1.165, 1.54) is 12.1 Å². The first-order valence-corrected chi connectivity index (χ1v) is 9.77. The number of aliphatic imine (C=N–C) groups is 1. The molecular weight excluding hydrogens is 500 g/mol. The van der Waals surface area contributed by atoms with Crippen LogP contribution in [0.2, 0.25) is 5.02 Å². The molecule has 1 aromatic carbocycles. The van der Waals surface area contributed by atoms with Crippen LogP contribution in [0.3, 0.4) is 0 Å². The Morgan fingerprint density at radius 3 is 2.63 bits per heavy atom. The average Bonchev–Trinajstić information content (AvgIpc) is 3.14. The topological polar surface area (TPSA) is 57.8 Å². The molecule has 1 aliphatic rings. The largest absolute Gasteiger partial charge is 0.370 e. The number of benzene rings is 1. The number of rotatable bonds is 4. The lowest BCUT2D eigenvalue weighted by Gasteiger charge is -2.35. The van der Waals surface area contributed by atoms with E-state index in [2.05, 4.69) is 19.8 Å². The molecule has 0 bridgehead atoms. The minimum atomic E-state index is -0.337. The van der Waals surface area contributed by atoms with E-state index in [0.717, 1.165) is 36.9 Å². The molecule has 1 saturated heterocycles. The molecule has 0 saturated carbocycles. The summed E-state index contributed by atoms with van der Waals surface area (Å²) in [6, 6.07) is 4.48. The SMILES string of the molecule is CC(C)(CN=C(N)N1CCN(c2nccs2)CC1)c1ccc(F)cc1Cl.I. The highest BCUT2D eigenvalue weighted by Gasteiger charge is 2.25. The molecule has 3 rings (SSSR count). The van der Waals surface area contributed by atoms with Gasteiger partial charge in [0, 0.05) is 48.2 Å². The standard InChI is InChI=1S/C18H23ClFN5S.HI/c1-18(2,14-4-3-13(20)11-15(14)19)12-23-16(21)24-6-8-25(9-7-24)17-22-5-10-26-17;/h3-5,10-11H,6-9,12H2,1-2H3,(H2,21,23);1H. The van der Waals surface area contributed by atoms with Gasteiger partial charge in [-0.2, -0.15) is 0 Å². The first kappa shape index (κ1) is 22.2. The number of piperazine rings is 1. The number of nitrogens with two attached hydrogens (primary N) is 1. The van der Waals surface area contributed by atoms with Crippen molar-refractivity contribution < 1.29 is 4.39 Å². The lowest BCUT2D eigenvalue weighted by Crippen LogP contribution is -2.51. The van der Waals surface area contributed by atoms with Crippen molar-refractivity contribution in [3.63, 3.8) is 0 Å². The Morgan fingerprint density at radius 1 is 1.33 bits per heavy atom. The molecule has 1 aromatic heterocycles. The predicted molar refractivity (Wildman–Crippen MR) is 122 cm³/mol. The van der Waals surface area contributed by atoms with E-state index >= 15 is 0 Å². The van der Waals surface area contributed by atoms with Gasteiger partial charge in [-0.3, -0.25) is 4.99 Å². The summed E-state index contributed by atoms with van der Waals surface area (Å²) in [5, 5.41) is 3.45. The highest BCUT2D eigenvalue weighted by molar-refractivity contribution is 14.0. The molecule has 148 valence electrons. The fraction of sp³-hybridized carbons (Fsp3) is 0.444. The van der Waals surface area contributed by atoms with Gasteiger partial charge in [-0.25, -0.2) is 9.37 Å². The van der Waals surface area contributed by atoms with Gasteiger partial charge in [0.05, 0.1) is 6.54 Å². The molecule has 2 N–H and O–H groups in total. The van der Waals surface area contributed by atoms with Crippen LogP contribution in [0.1, 0.15) is 19.4 Å². The van der Waals surface area contributed by atoms with Gasteiger partial charge in [0.15, 0.2) is 11.1 Å². The second-order valence-corrected chi connectivity index (χ2v) is 8.25. The summed E-state index contributed by atoms with van der Waals surface area (Å²) in [5.41, 5.74) is 6.74. The average molecular weight is 524 g/mol. The molecule has 0 aliphatic carbocycles. The Labute approximate surface area is 185 Å². The second kappa shape index (κ2) is 9.38. The summed E-state index contributed by atoms with van der Waals surface area (Å²) in [4.78, 5) is 13.3. The zero-order valence-corrected chi connectivity index (χ0v) is 19.3. The highest BCUT2D eigenvalue weighted by atomic mass is 127. The lowest BCUT2D eigenvalue weighted by molar-refractivity contribution is 0.378. The lowest BCUT2D eigenvalue weighted by atomic mass is 9.84. The highest BCUT2D eigenvalue weighted by Crippen LogP contribution is 2.30. The third-order valence-corrected chi connectivity index (χ3v) is 5.74. The summed E-state index contributed by atoms with van der Waals surface area (Å²) in [7, 11) is 0. The van der Waals surface area contributed by atoms with Crippen LogP contribution in [0.25, 0.3) is 0 Å². The van der Waals surface area contributed by atoms with Crippen molar-refractivity contribution in [3.8, 4) is 0 Å². The van der Waals surface area contributed by atoms with Crippen LogP contribution in [0.15, 0.2) is 34.8 Å². The van der Waals surface area contributed by atoms with Crippen molar-refractivity contribution in [1.82, 2.24) is 9.88 Å². The molecule has 0 spiro atoms. The van der Waals surface area contributed by atoms with Gasteiger partial charge < -0.3 is 15.5 Å². The van der Waals surface area contributed by atoms with E-state index in [1.807, 2.05) is 25.4 Å². The number of halogens is 3. The van der Waals surface area contributed by atoms with Crippen LogP contribution in [0.4, 0.5) is 9.52 Å². The zero-order valence-electron chi connectivity index (χ0n) is 15.4. The third-order valence-electron chi connectivity index (χ3n) is 4.59. The number of nitrogens with zero attached hydrogens (tertiary/aromatic N) is 4. The van der Waals surface area contributed by atoms with Gasteiger partial charge in [-0.1, -0.05) is 31.5 Å². The molecule has 27 heavy (non-hydrogen) atoms. The van der Waals surface area contributed by atoms with Crippen LogP contribution in [0.5, 0.6) is 0 Å². The second-order valence-electron chi connectivity index (χ2n) is 6.97. The molecule has 0 amide bonds. The van der Waals surface area contributed by atoms with Gasteiger partial charge >= 0.3 is 0 Å². The first-order valence-electron chi connectivity index (χ1n) is 8.52. The maximum atomic E-state index is 13.3. The Hall–Kier alpha value is -1.13. The Bertz CT molecular complexity index is 776. The molecule has 5 nitrogen and oxygen atoms in total. The maximum Gasteiger partial charge on any atom is 0.191 e. The maximum absolute atomic E-state index is 13.3. The fourth-order valence-corrected chi connectivity index (χ4v) is 4.12. The minimum Gasteiger partial charge on any atom is -0.370 e. The van der Waals surface area contributed by atoms with Crippen LogP contribution in [-0.4, -0.2) is 48.6 Å². The predicted octanol–water partition coefficient (Wildman–Crippen LogP) is 3.97.